The highest BCUT2D eigenvalue weighted by atomic mass is 16.5. The minimum absolute atomic E-state index is 0.0200. The second kappa shape index (κ2) is 15.3. The summed E-state index contributed by atoms with van der Waals surface area (Å²) < 4.78 is 6.00. The average molecular weight is 388 g/mol. The van der Waals surface area contributed by atoms with Crippen LogP contribution in [0.3, 0.4) is 0 Å². The highest BCUT2D eigenvalue weighted by Crippen LogP contribution is 2.25. The molecule has 3 heteroatoms. The second-order valence-corrected chi connectivity index (χ2v) is 7.78. The van der Waals surface area contributed by atoms with Crippen LogP contribution in [0.15, 0.2) is 43.0 Å². The van der Waals surface area contributed by atoms with Gasteiger partial charge in [0.2, 0.25) is 5.91 Å². The molecule has 3 nitrogen and oxygen atoms in total. The van der Waals surface area contributed by atoms with Gasteiger partial charge >= 0.3 is 0 Å². The molecule has 0 spiro atoms. The van der Waals surface area contributed by atoms with E-state index < -0.39 is 0 Å². The highest BCUT2D eigenvalue weighted by molar-refractivity contribution is 5.76. The van der Waals surface area contributed by atoms with Gasteiger partial charge in [-0.15, -0.1) is 6.58 Å². The van der Waals surface area contributed by atoms with Crippen molar-refractivity contribution in [2.24, 2.45) is 0 Å². The predicted octanol–water partition coefficient (Wildman–Crippen LogP) is 6.70. The molecule has 0 heterocycles. The fourth-order valence-electron chi connectivity index (χ4n) is 3.52. The molecule has 1 aromatic carbocycles. The van der Waals surface area contributed by atoms with Gasteiger partial charge in [-0.25, -0.2) is 0 Å². The molecule has 0 saturated carbocycles. The van der Waals surface area contributed by atoms with Crippen LogP contribution in [-0.4, -0.2) is 30.5 Å². The van der Waals surface area contributed by atoms with Crippen molar-refractivity contribution in [2.45, 2.75) is 90.2 Å². The molecule has 1 amide bonds. The Bertz CT molecular complexity index is 529. The van der Waals surface area contributed by atoms with Gasteiger partial charge in [-0.2, -0.15) is 0 Å². The number of rotatable bonds is 16. The van der Waals surface area contributed by atoms with E-state index in [1.165, 1.54) is 44.9 Å². The van der Waals surface area contributed by atoms with Crippen molar-refractivity contribution in [3.63, 3.8) is 0 Å². The van der Waals surface area contributed by atoms with Gasteiger partial charge in [-0.3, -0.25) is 4.79 Å². The topological polar surface area (TPSA) is 29.5 Å². The molecule has 0 saturated heterocycles. The van der Waals surface area contributed by atoms with Crippen LogP contribution in [0.5, 0.6) is 0 Å². The van der Waals surface area contributed by atoms with Crippen LogP contribution in [0, 0.1) is 0 Å². The van der Waals surface area contributed by atoms with Gasteiger partial charge in [-0.05, 0) is 18.9 Å². The summed E-state index contributed by atoms with van der Waals surface area (Å²) in [4.78, 5) is 14.5. The average Bonchev–Trinajstić information content (AvgIpc) is 2.72. The lowest BCUT2D eigenvalue weighted by molar-refractivity contribution is -0.135. The Morgan fingerprint density at radius 3 is 2.18 bits per heavy atom. The molecular weight excluding hydrogens is 346 g/mol. The van der Waals surface area contributed by atoms with Gasteiger partial charge in [0.25, 0.3) is 0 Å². The van der Waals surface area contributed by atoms with Crippen LogP contribution in [0.25, 0.3) is 0 Å². The Balaban J connectivity index is 2.37. The fourth-order valence-corrected chi connectivity index (χ4v) is 3.52. The quantitative estimate of drug-likeness (QED) is 0.233. The summed E-state index contributed by atoms with van der Waals surface area (Å²) in [7, 11) is 1.90. The van der Waals surface area contributed by atoms with E-state index in [0.717, 1.165) is 18.4 Å². The van der Waals surface area contributed by atoms with Crippen LogP contribution in [-0.2, 0) is 9.53 Å². The number of carbonyl (C=O) groups is 1. The van der Waals surface area contributed by atoms with Gasteiger partial charge in [-0.1, -0.05) is 94.7 Å². The van der Waals surface area contributed by atoms with E-state index >= 15 is 0 Å². The Hall–Kier alpha value is -1.61. The summed E-state index contributed by atoms with van der Waals surface area (Å²) in [5, 5.41) is 0. The molecule has 1 aromatic rings. The lowest BCUT2D eigenvalue weighted by Gasteiger charge is -2.32. The number of carbonyl (C=O) groups excluding carboxylic acids is 1. The predicted molar refractivity (Wildman–Crippen MR) is 119 cm³/mol. The fraction of sp³-hybridized carbons (Fsp3) is 0.640. The van der Waals surface area contributed by atoms with E-state index in [1.807, 2.05) is 30.1 Å². The number of ether oxygens (including phenoxy) is 1. The summed E-state index contributed by atoms with van der Waals surface area (Å²) in [6.07, 6.45) is 13.6. The summed E-state index contributed by atoms with van der Waals surface area (Å²) in [5.41, 5.74) is 1.10. The standard InChI is InChI=1S/C25H41NO2/c1-5-7-8-9-10-11-12-13-17-20-24(27)26(4)22(3)25(28-21-6-2)23-18-15-14-16-19-23/h6,14-16,18-19,22,25H,2,5,7-13,17,20-21H2,1,3-4H3/t22-,25+/m0/s1. The summed E-state index contributed by atoms with van der Waals surface area (Å²) in [6, 6.07) is 10.1. The zero-order chi connectivity index (χ0) is 20.6. The maximum atomic E-state index is 12.7. The molecule has 158 valence electrons. The lowest BCUT2D eigenvalue weighted by Crippen LogP contribution is -2.39. The van der Waals surface area contributed by atoms with Crippen LogP contribution in [0.4, 0.5) is 0 Å². The Kier molecular flexibility index (Phi) is 13.4. The first-order chi connectivity index (χ1) is 13.6. The smallest absolute Gasteiger partial charge is 0.222 e. The van der Waals surface area contributed by atoms with Gasteiger partial charge in [0.15, 0.2) is 0 Å². The molecular formula is C25H41NO2. The van der Waals surface area contributed by atoms with Gasteiger partial charge in [0, 0.05) is 13.5 Å². The molecule has 28 heavy (non-hydrogen) atoms. The maximum absolute atomic E-state index is 12.7. The third kappa shape index (κ3) is 9.54. The molecule has 0 aromatic heterocycles. The highest BCUT2D eigenvalue weighted by Gasteiger charge is 2.26. The van der Waals surface area contributed by atoms with Gasteiger partial charge in [0.1, 0.15) is 6.10 Å². The van der Waals surface area contributed by atoms with Crippen molar-refractivity contribution in [1.82, 2.24) is 4.90 Å². The van der Waals surface area contributed by atoms with Crippen molar-refractivity contribution < 1.29 is 9.53 Å². The van der Waals surface area contributed by atoms with Crippen molar-refractivity contribution >= 4 is 5.91 Å². The monoisotopic (exact) mass is 387 g/mol. The first-order valence-electron chi connectivity index (χ1n) is 11.1. The van der Waals surface area contributed by atoms with Crippen molar-refractivity contribution in [1.29, 1.82) is 0 Å². The SMILES string of the molecule is C=CCO[C@@H](c1ccccc1)[C@H](C)N(C)C(=O)CCCCCCCCCCC. The molecule has 0 fully saturated rings. The minimum Gasteiger partial charge on any atom is -0.367 e. The number of amides is 1. The molecule has 0 aliphatic rings. The van der Waals surface area contributed by atoms with Crippen LogP contribution in [0.1, 0.15) is 89.7 Å². The van der Waals surface area contributed by atoms with Crippen LogP contribution >= 0.6 is 0 Å². The number of unbranched alkanes of at least 4 members (excludes halogenated alkanes) is 8. The van der Waals surface area contributed by atoms with Crippen LogP contribution < -0.4 is 0 Å². The van der Waals surface area contributed by atoms with E-state index in [0.29, 0.717) is 13.0 Å². The number of nitrogens with zero attached hydrogens (tertiary/aromatic N) is 1. The van der Waals surface area contributed by atoms with Crippen molar-refractivity contribution in [2.75, 3.05) is 13.7 Å². The summed E-state index contributed by atoms with van der Waals surface area (Å²) in [6.45, 7) is 8.54. The van der Waals surface area contributed by atoms with Crippen molar-refractivity contribution in [3.05, 3.63) is 48.6 Å². The number of hydrogen-bond donors (Lipinski definition) is 0. The van der Waals surface area contributed by atoms with E-state index in [4.69, 9.17) is 4.74 Å². The third-order valence-electron chi connectivity index (χ3n) is 5.46. The molecule has 0 unspecified atom stereocenters. The zero-order valence-corrected chi connectivity index (χ0v) is 18.4. The van der Waals surface area contributed by atoms with E-state index in [2.05, 4.69) is 32.6 Å². The zero-order valence-electron chi connectivity index (χ0n) is 18.4. The minimum atomic E-state index is -0.142. The normalized spacial score (nSPS) is 13.1. The second-order valence-electron chi connectivity index (χ2n) is 7.78. The van der Waals surface area contributed by atoms with E-state index in [9.17, 15) is 4.79 Å². The third-order valence-corrected chi connectivity index (χ3v) is 5.46. The number of likely N-dealkylation sites (N-methyl/N-ethyl adjacent to an activating group) is 1. The molecule has 0 radical (unpaired) electrons. The van der Waals surface area contributed by atoms with Crippen molar-refractivity contribution in [3.8, 4) is 0 Å². The molecule has 0 N–H and O–H groups in total. The molecule has 0 aliphatic carbocycles. The van der Waals surface area contributed by atoms with Crippen LogP contribution in [0.2, 0.25) is 0 Å². The molecule has 2 atom stereocenters. The maximum Gasteiger partial charge on any atom is 0.222 e. The van der Waals surface area contributed by atoms with Gasteiger partial charge < -0.3 is 9.64 Å². The number of hydrogen-bond acceptors (Lipinski definition) is 2. The van der Waals surface area contributed by atoms with E-state index in [1.54, 1.807) is 6.08 Å². The Labute approximate surface area is 173 Å². The first kappa shape index (κ1) is 24.4. The summed E-state index contributed by atoms with van der Waals surface area (Å²) >= 11 is 0. The molecule has 0 bridgehead atoms. The van der Waals surface area contributed by atoms with Gasteiger partial charge in [0.05, 0.1) is 12.6 Å². The first-order valence-corrected chi connectivity index (χ1v) is 11.1. The Morgan fingerprint density at radius 1 is 1.04 bits per heavy atom. The molecule has 1 rings (SSSR count). The molecule has 0 aliphatic heterocycles. The van der Waals surface area contributed by atoms with E-state index in [-0.39, 0.29) is 18.1 Å². The number of benzene rings is 1. The summed E-state index contributed by atoms with van der Waals surface area (Å²) in [5.74, 6) is 0.207. The lowest BCUT2D eigenvalue weighted by atomic mass is 10.0. The largest absolute Gasteiger partial charge is 0.367 e. The Morgan fingerprint density at radius 2 is 1.61 bits per heavy atom.